The summed E-state index contributed by atoms with van der Waals surface area (Å²) in [6.07, 6.45) is 4.41. The molecule has 1 aliphatic carbocycles. The van der Waals surface area contributed by atoms with Crippen molar-refractivity contribution < 1.29 is 10.2 Å². The van der Waals surface area contributed by atoms with Gasteiger partial charge in [0.2, 0.25) is 0 Å². The minimum absolute atomic E-state index is 0.145. The quantitative estimate of drug-likeness (QED) is 0.645. The Hall–Kier alpha value is -0.120. The molecule has 90 valence electrons. The Kier molecular flexibility index (Phi) is 5.58. The molecule has 0 aromatic carbocycles. The molecule has 1 aliphatic rings. The number of aliphatic hydroxyl groups excluding tert-OH is 2. The molecule has 3 nitrogen and oxygen atoms in total. The van der Waals surface area contributed by atoms with E-state index < -0.39 is 6.10 Å². The molecular weight excluding hydrogens is 190 g/mol. The number of hydrogen-bond donors (Lipinski definition) is 3. The predicted octanol–water partition coefficient (Wildman–Crippen LogP) is 1.14. The Labute approximate surface area is 92.9 Å². The highest BCUT2D eigenvalue weighted by Gasteiger charge is 2.22. The largest absolute Gasteiger partial charge is 0.394 e. The van der Waals surface area contributed by atoms with Crippen molar-refractivity contribution in [1.29, 1.82) is 0 Å². The summed E-state index contributed by atoms with van der Waals surface area (Å²) in [4.78, 5) is 0. The van der Waals surface area contributed by atoms with E-state index in [0.717, 1.165) is 11.8 Å². The third kappa shape index (κ3) is 4.49. The highest BCUT2D eigenvalue weighted by Crippen LogP contribution is 2.29. The van der Waals surface area contributed by atoms with E-state index in [-0.39, 0.29) is 6.61 Å². The average Bonchev–Trinajstić information content (AvgIpc) is 2.26. The van der Waals surface area contributed by atoms with Gasteiger partial charge in [0.25, 0.3) is 0 Å². The molecule has 0 radical (unpaired) electrons. The minimum Gasteiger partial charge on any atom is -0.394 e. The van der Waals surface area contributed by atoms with Crippen molar-refractivity contribution in [3.05, 3.63) is 0 Å². The lowest BCUT2D eigenvalue weighted by molar-refractivity contribution is 0.0888. The smallest absolute Gasteiger partial charge is 0.0895 e. The molecule has 1 fully saturated rings. The lowest BCUT2D eigenvalue weighted by Crippen LogP contribution is -2.39. The van der Waals surface area contributed by atoms with Crippen molar-refractivity contribution >= 4 is 0 Å². The van der Waals surface area contributed by atoms with Crippen molar-refractivity contribution in [2.75, 3.05) is 13.2 Å². The van der Waals surface area contributed by atoms with Gasteiger partial charge in [0.1, 0.15) is 0 Å². The third-order valence-corrected chi connectivity index (χ3v) is 3.57. The maximum absolute atomic E-state index is 9.22. The minimum atomic E-state index is -0.604. The van der Waals surface area contributed by atoms with Gasteiger partial charge in [0.05, 0.1) is 12.7 Å². The molecule has 0 aliphatic heterocycles. The Bertz CT molecular complexity index is 165. The molecule has 0 aromatic rings. The molecule has 0 heterocycles. The molecule has 0 spiro atoms. The van der Waals surface area contributed by atoms with Crippen molar-refractivity contribution in [2.24, 2.45) is 11.8 Å². The summed E-state index contributed by atoms with van der Waals surface area (Å²) in [6, 6.07) is 0.543. The SMILES string of the molecule is CC(C)C1CCC(NCC(O)CO)CC1. The van der Waals surface area contributed by atoms with Gasteiger partial charge in [0, 0.05) is 12.6 Å². The molecule has 0 saturated heterocycles. The van der Waals surface area contributed by atoms with E-state index in [4.69, 9.17) is 5.11 Å². The molecule has 3 N–H and O–H groups in total. The van der Waals surface area contributed by atoms with Crippen LogP contribution in [0.3, 0.4) is 0 Å². The molecule has 1 rings (SSSR count). The van der Waals surface area contributed by atoms with Gasteiger partial charge in [-0.25, -0.2) is 0 Å². The van der Waals surface area contributed by atoms with Crippen LogP contribution in [0, 0.1) is 11.8 Å². The summed E-state index contributed by atoms with van der Waals surface area (Å²) in [7, 11) is 0. The molecule has 1 unspecified atom stereocenters. The monoisotopic (exact) mass is 215 g/mol. The average molecular weight is 215 g/mol. The normalized spacial score (nSPS) is 29.4. The zero-order chi connectivity index (χ0) is 11.3. The Morgan fingerprint density at radius 3 is 2.27 bits per heavy atom. The van der Waals surface area contributed by atoms with E-state index in [1.807, 2.05) is 0 Å². The second kappa shape index (κ2) is 6.46. The van der Waals surface area contributed by atoms with Crippen molar-refractivity contribution in [2.45, 2.75) is 51.7 Å². The topological polar surface area (TPSA) is 52.5 Å². The molecule has 1 atom stereocenters. The summed E-state index contributed by atoms with van der Waals surface area (Å²) < 4.78 is 0. The van der Waals surface area contributed by atoms with Crippen LogP contribution in [-0.4, -0.2) is 35.5 Å². The molecule has 1 saturated carbocycles. The van der Waals surface area contributed by atoms with Gasteiger partial charge in [-0.05, 0) is 37.5 Å². The zero-order valence-corrected chi connectivity index (χ0v) is 9.95. The van der Waals surface area contributed by atoms with Crippen molar-refractivity contribution in [1.82, 2.24) is 5.32 Å². The van der Waals surface area contributed by atoms with Gasteiger partial charge in [-0.15, -0.1) is 0 Å². The van der Waals surface area contributed by atoms with Crippen molar-refractivity contribution in [3.8, 4) is 0 Å². The van der Waals surface area contributed by atoms with Gasteiger partial charge in [-0.3, -0.25) is 0 Å². The van der Waals surface area contributed by atoms with Gasteiger partial charge < -0.3 is 15.5 Å². The first-order valence-electron chi connectivity index (χ1n) is 6.15. The summed E-state index contributed by atoms with van der Waals surface area (Å²) in [5.74, 6) is 1.68. The maximum atomic E-state index is 9.22. The first-order valence-corrected chi connectivity index (χ1v) is 6.15. The van der Waals surface area contributed by atoms with Crippen LogP contribution in [0.4, 0.5) is 0 Å². The first-order chi connectivity index (χ1) is 7.13. The van der Waals surface area contributed by atoms with E-state index in [1.165, 1.54) is 25.7 Å². The third-order valence-electron chi connectivity index (χ3n) is 3.57. The molecule has 0 aromatic heterocycles. The van der Waals surface area contributed by atoms with Crippen LogP contribution in [0.25, 0.3) is 0 Å². The van der Waals surface area contributed by atoms with Crippen LogP contribution in [0.1, 0.15) is 39.5 Å². The highest BCUT2D eigenvalue weighted by molar-refractivity contribution is 4.79. The fourth-order valence-electron chi connectivity index (χ4n) is 2.36. The number of nitrogens with one attached hydrogen (secondary N) is 1. The van der Waals surface area contributed by atoms with Gasteiger partial charge in [-0.1, -0.05) is 13.8 Å². The lowest BCUT2D eigenvalue weighted by Gasteiger charge is -2.31. The van der Waals surface area contributed by atoms with E-state index in [9.17, 15) is 5.11 Å². The standard InChI is InChI=1S/C12H25NO2/c1-9(2)10-3-5-11(6-4-10)13-7-12(15)8-14/h9-15H,3-8H2,1-2H3. The molecule has 0 amide bonds. The summed E-state index contributed by atoms with van der Waals surface area (Å²) >= 11 is 0. The fraction of sp³-hybridized carbons (Fsp3) is 1.00. The second-order valence-corrected chi connectivity index (χ2v) is 5.10. The van der Waals surface area contributed by atoms with Crippen LogP contribution >= 0.6 is 0 Å². The maximum Gasteiger partial charge on any atom is 0.0895 e. The van der Waals surface area contributed by atoms with Crippen LogP contribution in [-0.2, 0) is 0 Å². The van der Waals surface area contributed by atoms with Gasteiger partial charge in [-0.2, -0.15) is 0 Å². The Morgan fingerprint density at radius 1 is 1.20 bits per heavy atom. The molecule has 3 heteroatoms. The summed E-state index contributed by atoms with van der Waals surface area (Å²) in [5, 5.41) is 21.2. The zero-order valence-electron chi connectivity index (χ0n) is 9.95. The predicted molar refractivity (Wildman–Crippen MR) is 61.7 cm³/mol. The Balaban J connectivity index is 2.14. The lowest BCUT2D eigenvalue weighted by atomic mass is 9.80. The molecular formula is C12H25NO2. The van der Waals surface area contributed by atoms with E-state index in [0.29, 0.717) is 12.6 Å². The fourth-order valence-corrected chi connectivity index (χ4v) is 2.36. The van der Waals surface area contributed by atoms with Gasteiger partial charge in [0.15, 0.2) is 0 Å². The van der Waals surface area contributed by atoms with Crippen LogP contribution in [0.15, 0.2) is 0 Å². The van der Waals surface area contributed by atoms with Crippen LogP contribution in [0.2, 0.25) is 0 Å². The number of rotatable bonds is 5. The first kappa shape index (κ1) is 12.9. The number of hydrogen-bond acceptors (Lipinski definition) is 3. The second-order valence-electron chi connectivity index (χ2n) is 5.10. The van der Waals surface area contributed by atoms with E-state index in [1.54, 1.807) is 0 Å². The van der Waals surface area contributed by atoms with Gasteiger partial charge >= 0.3 is 0 Å². The molecule has 15 heavy (non-hydrogen) atoms. The van der Waals surface area contributed by atoms with Crippen LogP contribution < -0.4 is 5.32 Å². The van der Waals surface area contributed by atoms with Crippen molar-refractivity contribution in [3.63, 3.8) is 0 Å². The number of aliphatic hydroxyl groups is 2. The van der Waals surface area contributed by atoms with Crippen LogP contribution in [0.5, 0.6) is 0 Å². The van der Waals surface area contributed by atoms with E-state index in [2.05, 4.69) is 19.2 Å². The molecule has 0 bridgehead atoms. The highest BCUT2D eigenvalue weighted by atomic mass is 16.3. The van der Waals surface area contributed by atoms with E-state index >= 15 is 0 Å². The summed E-state index contributed by atoms with van der Waals surface area (Å²) in [6.45, 7) is 4.98. The summed E-state index contributed by atoms with van der Waals surface area (Å²) in [5.41, 5.74) is 0. The Morgan fingerprint density at radius 2 is 1.80 bits per heavy atom.